The van der Waals surface area contributed by atoms with Gasteiger partial charge in [-0.25, -0.2) is 0 Å². The van der Waals surface area contributed by atoms with E-state index >= 15 is 0 Å². The van der Waals surface area contributed by atoms with E-state index in [-0.39, 0.29) is 78.1 Å². The zero-order chi connectivity index (χ0) is 0. The molecule has 0 aliphatic carbocycles. The van der Waals surface area contributed by atoms with Gasteiger partial charge in [0.2, 0.25) is 0 Å². The van der Waals surface area contributed by atoms with E-state index < -0.39 is 0 Å². The van der Waals surface area contributed by atoms with Gasteiger partial charge in [0.1, 0.15) is 0 Å². The van der Waals surface area contributed by atoms with Gasteiger partial charge in [-0.3, -0.25) is 0 Å². The fraction of sp³-hybridized carbons (Fsp3) is 0. The van der Waals surface area contributed by atoms with Crippen molar-refractivity contribution in [2.75, 3.05) is 0 Å². The Bertz CT molecular complexity index is 6.85. The van der Waals surface area contributed by atoms with Gasteiger partial charge in [0.15, 0.2) is 0 Å². The van der Waals surface area contributed by atoms with E-state index in [1.807, 2.05) is 0 Å². The van der Waals surface area contributed by atoms with Crippen molar-refractivity contribution in [2.45, 2.75) is 0 Å². The summed E-state index contributed by atoms with van der Waals surface area (Å²) in [4.78, 5) is 0. The molecule has 0 atom stereocenters. The molecule has 0 nitrogen and oxygen atoms in total. The third kappa shape index (κ3) is 22.7. The van der Waals surface area contributed by atoms with E-state index in [9.17, 15) is 0 Å². The van der Waals surface area contributed by atoms with Gasteiger partial charge >= 0.3 is 26.9 Å². The molecule has 0 saturated heterocycles. The Morgan fingerprint density at radius 1 is 0.600 bits per heavy atom. The summed E-state index contributed by atoms with van der Waals surface area (Å²) in [6.45, 7) is 0. The van der Waals surface area contributed by atoms with Crippen LogP contribution in [0.25, 0.3) is 0 Å². The minimum atomic E-state index is 0. The standard InChI is InChI=1S/C.3Se.Zn/q+4;3*-2;+2. The Hall–Kier alpha value is 2.18. The average Bonchev–Trinajstić information content (AvgIpc) is 0. The van der Waals surface area contributed by atoms with E-state index in [0.717, 1.165) is 0 Å². The van der Waals surface area contributed by atoms with E-state index in [4.69, 9.17) is 0 Å². The Morgan fingerprint density at radius 3 is 0.600 bits per heavy atom. The van der Waals surface area contributed by atoms with Crippen LogP contribution in [0.2, 0.25) is 0 Å². The average molecular weight is 314 g/mol. The molecule has 0 aromatic carbocycles. The van der Waals surface area contributed by atoms with E-state index in [1.54, 1.807) is 0 Å². The fourth-order valence-electron chi connectivity index (χ4n) is 0. The van der Waals surface area contributed by atoms with Crippen LogP contribution in [0, 0.1) is 7.43 Å². The Kier molecular flexibility index (Phi) is 402. The molecule has 0 aromatic rings. The molecule has 0 N–H and O–H groups in total. The van der Waals surface area contributed by atoms with Crippen molar-refractivity contribution in [3.8, 4) is 0 Å². The molecule has 0 aliphatic heterocycles. The first-order valence-corrected chi connectivity index (χ1v) is 0. The van der Waals surface area contributed by atoms with Crippen LogP contribution < -0.4 is 0 Å². The summed E-state index contributed by atoms with van der Waals surface area (Å²) in [5.74, 6) is 0. The molecule has 0 aromatic heterocycles. The Labute approximate surface area is 77.4 Å². The number of hydrogen-bond acceptors (Lipinski definition) is 0. The molecule has 24 valence electrons. The second-order valence-corrected chi connectivity index (χ2v) is 0. The molecule has 0 unspecified atom stereocenters. The van der Waals surface area contributed by atoms with Gasteiger partial charge in [0.25, 0.3) is 0 Å². The number of rotatable bonds is 0. The summed E-state index contributed by atoms with van der Waals surface area (Å²) in [6.07, 6.45) is 0. The predicted octanol–water partition coefficient (Wildman–Crippen LogP) is -1.06. The van der Waals surface area contributed by atoms with Crippen molar-refractivity contribution in [1.29, 1.82) is 0 Å². The molecule has 0 spiro atoms. The van der Waals surface area contributed by atoms with Gasteiger partial charge < -0.3 is 51.2 Å². The molecule has 0 saturated carbocycles. The summed E-state index contributed by atoms with van der Waals surface area (Å²) >= 11 is 0. The Balaban J connectivity index is 0. The molecule has 0 rings (SSSR count). The second kappa shape index (κ2) is 34.9. The molecule has 0 radical (unpaired) electrons. The maximum Gasteiger partial charge on any atom is 4.00 e. The van der Waals surface area contributed by atoms with Crippen LogP contribution in [0.3, 0.4) is 0 Å². The molecule has 0 bridgehead atoms. The van der Waals surface area contributed by atoms with Crippen LogP contribution in [0.1, 0.15) is 0 Å². The van der Waals surface area contributed by atoms with E-state index in [2.05, 4.69) is 0 Å². The third-order valence-corrected chi connectivity index (χ3v) is 0. The minimum absolute atomic E-state index is 0. The van der Waals surface area contributed by atoms with Gasteiger partial charge in [-0.05, 0) is 0 Å². The van der Waals surface area contributed by atoms with Gasteiger partial charge in [-0.2, -0.15) is 0 Å². The first-order valence-electron chi connectivity index (χ1n) is 0. The van der Waals surface area contributed by atoms with Gasteiger partial charge in [0, 0.05) is 0 Å². The molecule has 0 heterocycles. The van der Waals surface area contributed by atoms with Gasteiger partial charge in [-0.1, -0.05) is 0 Å². The Morgan fingerprint density at radius 2 is 0.600 bits per heavy atom. The molecule has 0 fully saturated rings. The summed E-state index contributed by atoms with van der Waals surface area (Å²) < 4.78 is 0. The van der Waals surface area contributed by atoms with Crippen molar-refractivity contribution in [3.05, 3.63) is 7.43 Å². The second-order valence-electron chi connectivity index (χ2n) is 0. The summed E-state index contributed by atoms with van der Waals surface area (Å²) in [5.41, 5.74) is 0. The van der Waals surface area contributed by atoms with E-state index in [0.29, 0.717) is 0 Å². The van der Waals surface area contributed by atoms with Crippen molar-refractivity contribution in [1.82, 2.24) is 0 Å². The first-order chi connectivity index (χ1) is 0. The zero-order valence-electron chi connectivity index (χ0n) is 2.43. The van der Waals surface area contributed by atoms with Gasteiger partial charge in [0.05, 0.1) is 0 Å². The molecule has 0 amide bonds. The topological polar surface area (TPSA) is 0 Å². The number of hydrogen-bond donors (Lipinski definition) is 0. The summed E-state index contributed by atoms with van der Waals surface area (Å²) in [5, 5.41) is 0. The van der Waals surface area contributed by atoms with Crippen LogP contribution in [0.5, 0.6) is 0 Å². The summed E-state index contributed by atoms with van der Waals surface area (Å²) in [6, 6.07) is 0. The van der Waals surface area contributed by atoms with Gasteiger partial charge in [-0.15, -0.1) is 0 Å². The van der Waals surface area contributed by atoms with Crippen LogP contribution in [0.15, 0.2) is 0 Å². The van der Waals surface area contributed by atoms with Crippen molar-refractivity contribution < 1.29 is 19.5 Å². The largest absolute Gasteiger partial charge is 4.00 e. The fourth-order valence-corrected chi connectivity index (χ4v) is 0. The normalized spacial score (nSPS) is 0. The quantitative estimate of drug-likeness (QED) is 0.500. The van der Waals surface area contributed by atoms with Crippen molar-refractivity contribution >= 4 is 51.2 Å². The molecular weight excluding hydrogens is 314 g/mol. The van der Waals surface area contributed by atoms with Crippen LogP contribution >= 0.6 is 0 Å². The maximum absolute atomic E-state index is 0. The first kappa shape index (κ1) is 57.7. The molecule has 0 aliphatic rings. The monoisotopic (exact) mass is 316 g/mol. The third-order valence-electron chi connectivity index (χ3n) is 0. The molecule has 4 heteroatoms. The van der Waals surface area contributed by atoms with Crippen molar-refractivity contribution in [3.63, 3.8) is 0 Å². The molecular formula is CSe3Zn. The van der Waals surface area contributed by atoms with Crippen molar-refractivity contribution in [2.24, 2.45) is 0 Å². The zero-order valence-corrected chi connectivity index (χ0v) is 10.5. The predicted molar refractivity (Wildman–Crippen MR) is 20.5 cm³/mol. The van der Waals surface area contributed by atoms with Crippen LogP contribution in [-0.2, 0) is 19.5 Å². The SMILES string of the molecule is [C+4].[Se-2].[Se-2].[Se-2].[Zn+2]. The molecule has 5 heavy (non-hydrogen) atoms. The minimum Gasteiger partial charge on any atom is -2.00 e. The van der Waals surface area contributed by atoms with Crippen LogP contribution in [0.4, 0.5) is 0 Å². The smallest absolute Gasteiger partial charge is 2.00 e. The maximum atomic E-state index is 0. The summed E-state index contributed by atoms with van der Waals surface area (Å²) in [7, 11) is 0. The van der Waals surface area contributed by atoms with E-state index in [1.165, 1.54) is 0 Å². The van der Waals surface area contributed by atoms with Crippen LogP contribution in [-0.4, -0.2) is 51.2 Å².